The van der Waals surface area contributed by atoms with Gasteiger partial charge in [0.2, 0.25) is 5.82 Å². The number of nitrogens with two attached hydrogens (primary N) is 1. The maximum absolute atomic E-state index is 5.55. The van der Waals surface area contributed by atoms with Crippen LogP contribution >= 0.6 is 11.3 Å². The molecule has 0 unspecified atom stereocenters. The minimum absolute atomic E-state index is 0.365. The number of aryl methyl sites for hydroxylation is 1. The zero-order valence-electron chi connectivity index (χ0n) is 9.41. The number of hydrogen-bond donors (Lipinski definition) is 2. The number of H-pyrrole nitrogens is 1. The van der Waals surface area contributed by atoms with Crippen LogP contribution in [0.3, 0.4) is 0 Å². The SMILES string of the molecule is Cc1nc(CN)sc1-c1nc(-c2ncn[nH]2)no1. The van der Waals surface area contributed by atoms with Gasteiger partial charge < -0.3 is 10.3 Å². The zero-order valence-corrected chi connectivity index (χ0v) is 10.2. The molecule has 3 aromatic rings. The quantitative estimate of drug-likeness (QED) is 0.715. The van der Waals surface area contributed by atoms with Crippen LogP contribution in [0.5, 0.6) is 0 Å². The third-order valence-electron chi connectivity index (χ3n) is 2.26. The summed E-state index contributed by atoms with van der Waals surface area (Å²) in [7, 11) is 0. The number of thiazole rings is 1. The lowest BCUT2D eigenvalue weighted by atomic mass is 10.4. The Bertz CT molecular complexity index is 656. The minimum atomic E-state index is 0.365. The highest BCUT2D eigenvalue weighted by molar-refractivity contribution is 7.15. The molecular weight excluding hydrogens is 254 g/mol. The van der Waals surface area contributed by atoms with Crippen LogP contribution in [0.15, 0.2) is 10.9 Å². The fourth-order valence-corrected chi connectivity index (χ4v) is 2.33. The number of nitrogens with zero attached hydrogens (tertiary/aromatic N) is 5. The molecule has 18 heavy (non-hydrogen) atoms. The van der Waals surface area contributed by atoms with Gasteiger partial charge in [-0.05, 0) is 6.92 Å². The lowest BCUT2D eigenvalue weighted by molar-refractivity contribution is 0.432. The van der Waals surface area contributed by atoms with Crippen LogP contribution in [0, 0.1) is 6.92 Å². The van der Waals surface area contributed by atoms with Gasteiger partial charge in [0.1, 0.15) is 16.2 Å². The summed E-state index contributed by atoms with van der Waals surface area (Å²) in [5, 5.41) is 11.1. The number of hydrogen-bond acceptors (Lipinski definition) is 8. The first-order valence-electron chi connectivity index (χ1n) is 5.14. The van der Waals surface area contributed by atoms with Crippen molar-refractivity contribution in [2.45, 2.75) is 13.5 Å². The van der Waals surface area contributed by atoms with Crippen molar-refractivity contribution in [2.75, 3.05) is 0 Å². The highest BCUT2D eigenvalue weighted by Gasteiger charge is 2.17. The van der Waals surface area contributed by atoms with E-state index < -0.39 is 0 Å². The van der Waals surface area contributed by atoms with Crippen LogP contribution < -0.4 is 5.73 Å². The van der Waals surface area contributed by atoms with Gasteiger partial charge in [-0.3, -0.25) is 5.10 Å². The Labute approximate surface area is 105 Å². The molecule has 0 amide bonds. The molecule has 0 saturated carbocycles. The molecular formula is C9H9N7OS. The van der Waals surface area contributed by atoms with Crippen LogP contribution in [0.1, 0.15) is 10.7 Å². The summed E-state index contributed by atoms with van der Waals surface area (Å²) in [5.74, 6) is 1.24. The van der Waals surface area contributed by atoms with Gasteiger partial charge in [0.15, 0.2) is 5.82 Å². The largest absolute Gasteiger partial charge is 0.333 e. The van der Waals surface area contributed by atoms with Gasteiger partial charge in [0.25, 0.3) is 5.89 Å². The third-order valence-corrected chi connectivity index (χ3v) is 3.43. The molecule has 0 aliphatic heterocycles. The van der Waals surface area contributed by atoms with Crippen LogP contribution in [-0.4, -0.2) is 30.3 Å². The molecule has 9 heteroatoms. The maximum Gasteiger partial charge on any atom is 0.270 e. The first-order chi connectivity index (χ1) is 8.78. The van der Waals surface area contributed by atoms with E-state index in [0.717, 1.165) is 15.6 Å². The van der Waals surface area contributed by atoms with E-state index in [1.807, 2.05) is 6.92 Å². The normalized spacial score (nSPS) is 11.0. The molecule has 0 bridgehead atoms. The Morgan fingerprint density at radius 2 is 2.33 bits per heavy atom. The smallest absolute Gasteiger partial charge is 0.270 e. The molecule has 3 aromatic heterocycles. The van der Waals surface area contributed by atoms with Crippen molar-refractivity contribution in [3.63, 3.8) is 0 Å². The van der Waals surface area contributed by atoms with E-state index in [4.69, 9.17) is 10.3 Å². The summed E-state index contributed by atoms with van der Waals surface area (Å²) in [4.78, 5) is 13.3. The molecule has 0 aliphatic rings. The topological polar surface area (TPSA) is 119 Å². The Hall–Kier alpha value is -2.13. The van der Waals surface area contributed by atoms with Gasteiger partial charge in [-0.2, -0.15) is 10.1 Å². The molecule has 3 heterocycles. The predicted molar refractivity (Wildman–Crippen MR) is 63.4 cm³/mol. The summed E-state index contributed by atoms with van der Waals surface area (Å²) in [6, 6.07) is 0. The van der Waals surface area contributed by atoms with Crippen LogP contribution in [-0.2, 0) is 6.54 Å². The number of aromatic nitrogens is 6. The van der Waals surface area contributed by atoms with Crippen molar-refractivity contribution >= 4 is 11.3 Å². The monoisotopic (exact) mass is 263 g/mol. The van der Waals surface area contributed by atoms with Gasteiger partial charge in [0.05, 0.1) is 5.69 Å². The second kappa shape index (κ2) is 4.27. The first-order valence-corrected chi connectivity index (χ1v) is 5.95. The molecule has 3 N–H and O–H groups in total. The average Bonchev–Trinajstić information content (AvgIpc) is 3.08. The first kappa shape index (κ1) is 11.0. The lowest BCUT2D eigenvalue weighted by Crippen LogP contribution is -1.94. The van der Waals surface area contributed by atoms with Gasteiger partial charge in [0, 0.05) is 6.54 Å². The Morgan fingerprint density at radius 1 is 1.44 bits per heavy atom. The van der Waals surface area contributed by atoms with E-state index in [-0.39, 0.29) is 0 Å². The third kappa shape index (κ3) is 1.79. The fraction of sp³-hybridized carbons (Fsp3) is 0.222. The predicted octanol–water partition coefficient (Wildman–Crippen LogP) is 0.745. The van der Waals surface area contributed by atoms with Crippen molar-refractivity contribution in [3.8, 4) is 22.4 Å². The molecule has 92 valence electrons. The highest BCUT2D eigenvalue weighted by atomic mass is 32.1. The Kier molecular flexibility index (Phi) is 2.61. The molecule has 8 nitrogen and oxygen atoms in total. The minimum Gasteiger partial charge on any atom is -0.333 e. The molecule has 0 atom stereocenters. The maximum atomic E-state index is 5.55. The van der Waals surface area contributed by atoms with E-state index in [1.54, 1.807) is 0 Å². The molecule has 0 fully saturated rings. The summed E-state index contributed by atoms with van der Waals surface area (Å²) in [6.45, 7) is 2.28. The lowest BCUT2D eigenvalue weighted by Gasteiger charge is -1.86. The summed E-state index contributed by atoms with van der Waals surface area (Å²) < 4.78 is 5.19. The molecule has 0 saturated heterocycles. The van der Waals surface area contributed by atoms with Crippen molar-refractivity contribution in [2.24, 2.45) is 5.73 Å². The van der Waals surface area contributed by atoms with Crippen molar-refractivity contribution < 1.29 is 4.52 Å². The summed E-state index contributed by atoms with van der Waals surface area (Å²) >= 11 is 1.44. The highest BCUT2D eigenvalue weighted by Crippen LogP contribution is 2.29. The summed E-state index contributed by atoms with van der Waals surface area (Å²) in [5.41, 5.74) is 6.38. The average molecular weight is 263 g/mol. The van der Waals surface area contributed by atoms with Crippen molar-refractivity contribution in [1.82, 2.24) is 30.3 Å². The Balaban J connectivity index is 2.00. The van der Waals surface area contributed by atoms with E-state index in [9.17, 15) is 0 Å². The second-order valence-corrected chi connectivity index (χ2v) is 4.57. The standard InChI is InChI=1S/C9H9N7OS/c1-4-6(18-5(2-10)13-4)9-14-8(16-17-9)7-11-3-12-15-7/h3H,2,10H2,1H3,(H,11,12,15). The Morgan fingerprint density at radius 3 is 3.00 bits per heavy atom. The fourth-order valence-electron chi connectivity index (χ4n) is 1.46. The van der Waals surface area contributed by atoms with Crippen LogP contribution in [0.2, 0.25) is 0 Å². The molecule has 3 rings (SSSR count). The second-order valence-electron chi connectivity index (χ2n) is 3.48. The van der Waals surface area contributed by atoms with E-state index in [2.05, 4.69) is 30.3 Å². The van der Waals surface area contributed by atoms with Crippen LogP contribution in [0.4, 0.5) is 0 Å². The molecule has 0 spiro atoms. The summed E-state index contributed by atoms with van der Waals surface area (Å²) in [6.07, 6.45) is 1.38. The number of nitrogens with one attached hydrogen (secondary N) is 1. The van der Waals surface area contributed by atoms with Gasteiger partial charge in [-0.1, -0.05) is 5.16 Å². The van der Waals surface area contributed by atoms with Crippen LogP contribution in [0.25, 0.3) is 22.4 Å². The van der Waals surface area contributed by atoms with Crippen molar-refractivity contribution in [3.05, 3.63) is 17.0 Å². The van der Waals surface area contributed by atoms with E-state index >= 15 is 0 Å². The molecule has 0 radical (unpaired) electrons. The number of aromatic amines is 1. The molecule has 0 aromatic carbocycles. The number of rotatable bonds is 3. The van der Waals surface area contributed by atoms with Gasteiger partial charge >= 0.3 is 0 Å². The zero-order chi connectivity index (χ0) is 12.5. The van der Waals surface area contributed by atoms with Gasteiger partial charge in [-0.25, -0.2) is 9.97 Å². The molecule has 0 aliphatic carbocycles. The van der Waals surface area contributed by atoms with Gasteiger partial charge in [-0.15, -0.1) is 11.3 Å². The van der Waals surface area contributed by atoms with E-state index in [1.165, 1.54) is 17.7 Å². The van der Waals surface area contributed by atoms with Crippen molar-refractivity contribution in [1.29, 1.82) is 0 Å². The van der Waals surface area contributed by atoms with E-state index in [0.29, 0.717) is 24.1 Å².